The number of carbonyl (C=O) groups excluding carboxylic acids is 1. The second-order valence-electron chi connectivity index (χ2n) is 7.25. The molecule has 2 aromatic rings. The molecule has 150 valence electrons. The van der Waals surface area contributed by atoms with Crippen molar-refractivity contribution in [3.8, 4) is 5.75 Å². The maximum absolute atomic E-state index is 12.7. The van der Waals surface area contributed by atoms with Crippen molar-refractivity contribution in [1.29, 1.82) is 0 Å². The Kier molecular flexibility index (Phi) is 7.46. The number of nitrogens with zero attached hydrogens (tertiary/aromatic N) is 1. The predicted octanol–water partition coefficient (Wildman–Crippen LogP) is 3.59. The van der Waals surface area contributed by atoms with Gasteiger partial charge in [-0.1, -0.05) is 35.9 Å². The van der Waals surface area contributed by atoms with Crippen molar-refractivity contribution in [2.45, 2.75) is 25.8 Å². The van der Waals surface area contributed by atoms with Crippen molar-refractivity contribution >= 4 is 5.91 Å². The van der Waals surface area contributed by atoms with Gasteiger partial charge >= 0.3 is 0 Å². The normalized spacial score (nSPS) is 15.4. The van der Waals surface area contributed by atoms with Gasteiger partial charge in [-0.05, 0) is 56.6 Å². The third kappa shape index (κ3) is 5.57. The summed E-state index contributed by atoms with van der Waals surface area (Å²) >= 11 is 0. The molecule has 1 heterocycles. The van der Waals surface area contributed by atoms with Gasteiger partial charge in [0.05, 0.1) is 12.6 Å². The SMILES string of the molecule is COCCOc1cccc(C(=O)NCC(c2ccc(C)cc2)N2CCCC2)c1. The van der Waals surface area contributed by atoms with E-state index in [1.54, 1.807) is 13.2 Å². The number of methoxy groups -OCH3 is 1. The second kappa shape index (κ2) is 10.2. The molecule has 1 aliphatic rings. The third-order valence-electron chi connectivity index (χ3n) is 5.15. The lowest BCUT2D eigenvalue weighted by Crippen LogP contribution is -2.36. The molecular formula is C23H30N2O3. The molecule has 0 spiro atoms. The molecule has 0 bridgehead atoms. The number of ether oxygens (including phenoxy) is 2. The van der Waals surface area contributed by atoms with E-state index in [9.17, 15) is 4.79 Å². The van der Waals surface area contributed by atoms with Crippen molar-refractivity contribution in [1.82, 2.24) is 10.2 Å². The van der Waals surface area contributed by atoms with Crippen LogP contribution in [0.4, 0.5) is 0 Å². The number of hydrogen-bond acceptors (Lipinski definition) is 4. The van der Waals surface area contributed by atoms with Gasteiger partial charge in [0.1, 0.15) is 12.4 Å². The summed E-state index contributed by atoms with van der Waals surface area (Å²) in [6.45, 7) is 5.83. The zero-order valence-corrected chi connectivity index (χ0v) is 16.8. The molecule has 5 heteroatoms. The summed E-state index contributed by atoms with van der Waals surface area (Å²) in [5, 5.41) is 3.12. The maximum Gasteiger partial charge on any atom is 0.251 e. The van der Waals surface area contributed by atoms with Crippen LogP contribution in [0.1, 0.15) is 40.4 Å². The Morgan fingerprint density at radius 3 is 2.57 bits per heavy atom. The van der Waals surface area contributed by atoms with Gasteiger partial charge in [0.2, 0.25) is 0 Å². The van der Waals surface area contributed by atoms with E-state index in [1.165, 1.54) is 24.0 Å². The predicted molar refractivity (Wildman–Crippen MR) is 111 cm³/mol. The largest absolute Gasteiger partial charge is 0.491 e. The summed E-state index contributed by atoms with van der Waals surface area (Å²) in [5.41, 5.74) is 3.11. The van der Waals surface area contributed by atoms with Crippen LogP contribution < -0.4 is 10.1 Å². The minimum absolute atomic E-state index is 0.0755. The zero-order chi connectivity index (χ0) is 19.8. The Balaban J connectivity index is 1.64. The van der Waals surface area contributed by atoms with E-state index in [0.29, 0.717) is 31.1 Å². The lowest BCUT2D eigenvalue weighted by molar-refractivity contribution is 0.0937. The average Bonchev–Trinajstić information content (AvgIpc) is 3.24. The number of hydrogen-bond donors (Lipinski definition) is 1. The quantitative estimate of drug-likeness (QED) is 0.674. The second-order valence-corrected chi connectivity index (χ2v) is 7.25. The van der Waals surface area contributed by atoms with Crippen LogP contribution in [0, 0.1) is 6.92 Å². The van der Waals surface area contributed by atoms with Gasteiger partial charge in [0, 0.05) is 19.2 Å². The monoisotopic (exact) mass is 382 g/mol. The van der Waals surface area contributed by atoms with Gasteiger partial charge < -0.3 is 14.8 Å². The first-order valence-electron chi connectivity index (χ1n) is 9.98. The molecule has 1 saturated heterocycles. The van der Waals surface area contributed by atoms with Gasteiger partial charge in [-0.2, -0.15) is 0 Å². The number of amides is 1. The topological polar surface area (TPSA) is 50.8 Å². The molecule has 1 unspecified atom stereocenters. The first kappa shape index (κ1) is 20.4. The fourth-order valence-electron chi connectivity index (χ4n) is 3.56. The molecule has 28 heavy (non-hydrogen) atoms. The first-order valence-corrected chi connectivity index (χ1v) is 9.98. The molecule has 0 aromatic heterocycles. The molecule has 0 radical (unpaired) electrons. The summed E-state index contributed by atoms with van der Waals surface area (Å²) in [4.78, 5) is 15.2. The molecule has 0 saturated carbocycles. The molecule has 0 aliphatic carbocycles. The van der Waals surface area contributed by atoms with Gasteiger partial charge in [-0.3, -0.25) is 9.69 Å². The van der Waals surface area contributed by atoms with Crippen LogP contribution in [0.25, 0.3) is 0 Å². The van der Waals surface area contributed by atoms with Crippen molar-refractivity contribution in [2.24, 2.45) is 0 Å². The van der Waals surface area contributed by atoms with Crippen molar-refractivity contribution in [3.63, 3.8) is 0 Å². The Morgan fingerprint density at radius 2 is 1.86 bits per heavy atom. The fraction of sp³-hybridized carbons (Fsp3) is 0.435. The van der Waals surface area contributed by atoms with Crippen molar-refractivity contribution in [3.05, 3.63) is 65.2 Å². The van der Waals surface area contributed by atoms with Gasteiger partial charge in [0.25, 0.3) is 5.91 Å². The fourth-order valence-corrected chi connectivity index (χ4v) is 3.56. The highest BCUT2D eigenvalue weighted by molar-refractivity contribution is 5.94. The van der Waals surface area contributed by atoms with Crippen molar-refractivity contribution < 1.29 is 14.3 Å². The van der Waals surface area contributed by atoms with Crippen LogP contribution in [0.2, 0.25) is 0 Å². The number of aryl methyl sites for hydroxylation is 1. The van der Waals surface area contributed by atoms with Crippen LogP contribution >= 0.6 is 0 Å². The number of nitrogens with one attached hydrogen (secondary N) is 1. The molecule has 5 nitrogen and oxygen atoms in total. The van der Waals surface area contributed by atoms with E-state index in [0.717, 1.165) is 13.1 Å². The number of benzene rings is 2. The molecule has 3 rings (SSSR count). The Hall–Kier alpha value is -2.37. The standard InChI is InChI=1S/C23H30N2O3/c1-18-8-10-19(11-9-18)22(25-12-3-4-13-25)17-24-23(26)20-6-5-7-21(16-20)28-15-14-27-2/h5-11,16,22H,3-4,12-15,17H2,1-2H3,(H,24,26). The lowest BCUT2D eigenvalue weighted by Gasteiger charge is -2.28. The van der Waals surface area contributed by atoms with Crippen LogP contribution in [0.3, 0.4) is 0 Å². The van der Waals surface area contributed by atoms with E-state index < -0.39 is 0 Å². The van der Waals surface area contributed by atoms with Crippen LogP contribution in [0.15, 0.2) is 48.5 Å². The lowest BCUT2D eigenvalue weighted by atomic mass is 10.0. The summed E-state index contributed by atoms with van der Waals surface area (Å²) in [7, 11) is 1.64. The zero-order valence-electron chi connectivity index (χ0n) is 16.8. The van der Waals surface area contributed by atoms with E-state index in [1.807, 2.05) is 18.2 Å². The van der Waals surface area contributed by atoms with Crippen LogP contribution in [0.5, 0.6) is 5.75 Å². The molecular weight excluding hydrogens is 352 g/mol. The first-order chi connectivity index (χ1) is 13.7. The summed E-state index contributed by atoms with van der Waals surface area (Å²) in [5.74, 6) is 0.604. The minimum atomic E-state index is -0.0755. The van der Waals surface area contributed by atoms with Crippen LogP contribution in [-0.4, -0.2) is 50.8 Å². The summed E-state index contributed by atoms with van der Waals surface area (Å²) in [6, 6.07) is 16.1. The molecule has 1 N–H and O–H groups in total. The number of likely N-dealkylation sites (tertiary alicyclic amines) is 1. The summed E-state index contributed by atoms with van der Waals surface area (Å²) in [6.07, 6.45) is 2.44. The smallest absolute Gasteiger partial charge is 0.251 e. The average molecular weight is 383 g/mol. The highest BCUT2D eigenvalue weighted by Crippen LogP contribution is 2.25. The highest BCUT2D eigenvalue weighted by atomic mass is 16.5. The molecule has 1 fully saturated rings. The van der Waals surface area contributed by atoms with Gasteiger partial charge in [0.15, 0.2) is 0 Å². The minimum Gasteiger partial charge on any atom is -0.491 e. The van der Waals surface area contributed by atoms with E-state index in [-0.39, 0.29) is 11.9 Å². The summed E-state index contributed by atoms with van der Waals surface area (Å²) < 4.78 is 10.6. The van der Waals surface area contributed by atoms with Crippen LogP contribution in [-0.2, 0) is 4.74 Å². The third-order valence-corrected chi connectivity index (χ3v) is 5.15. The Labute approximate surface area is 167 Å². The van der Waals surface area contributed by atoms with E-state index in [2.05, 4.69) is 41.4 Å². The Morgan fingerprint density at radius 1 is 1.11 bits per heavy atom. The van der Waals surface area contributed by atoms with Gasteiger partial charge in [-0.15, -0.1) is 0 Å². The van der Waals surface area contributed by atoms with Gasteiger partial charge in [-0.25, -0.2) is 0 Å². The molecule has 1 atom stereocenters. The number of rotatable bonds is 9. The van der Waals surface area contributed by atoms with Crippen molar-refractivity contribution in [2.75, 3.05) is 40.0 Å². The molecule has 1 aliphatic heterocycles. The van der Waals surface area contributed by atoms with E-state index in [4.69, 9.17) is 9.47 Å². The van der Waals surface area contributed by atoms with E-state index >= 15 is 0 Å². The maximum atomic E-state index is 12.7. The Bertz CT molecular complexity index is 755. The number of carbonyl (C=O) groups is 1. The highest BCUT2D eigenvalue weighted by Gasteiger charge is 2.24. The molecule has 1 amide bonds. The molecule has 2 aromatic carbocycles.